The quantitative estimate of drug-likeness (QED) is 0.624. The summed E-state index contributed by atoms with van der Waals surface area (Å²) in [5, 5.41) is 13.2. The highest BCUT2D eigenvalue weighted by molar-refractivity contribution is 5.88. The number of nitrogens with one attached hydrogen (secondary N) is 1. The first-order valence-corrected chi connectivity index (χ1v) is 8.32. The fourth-order valence-corrected chi connectivity index (χ4v) is 2.52. The molecule has 0 aliphatic heterocycles. The Morgan fingerprint density at radius 2 is 1.80 bits per heavy atom. The van der Waals surface area contributed by atoms with E-state index in [1.165, 1.54) is 0 Å². The van der Waals surface area contributed by atoms with E-state index in [0.717, 1.165) is 24.3 Å². The predicted molar refractivity (Wildman–Crippen MR) is 101 cm³/mol. The standard InChI is InChI=1S/C20H22N4O/c1-3-24(4-2)18-12-10-16(11-13-18)15-22-23-20(25)19(14-21)17-8-6-5-7-9-17/h5-13,15,19H,3-4H2,1-2H3,(H,23,25)/b22-15-/t19-/m1/s1. The molecule has 0 fully saturated rings. The molecular weight excluding hydrogens is 312 g/mol. The Bertz CT molecular complexity index is 744. The Balaban J connectivity index is 1.98. The first-order chi connectivity index (χ1) is 12.2. The van der Waals surface area contributed by atoms with E-state index in [1.807, 2.05) is 36.4 Å². The van der Waals surface area contributed by atoms with Crippen LogP contribution in [-0.4, -0.2) is 25.2 Å². The predicted octanol–water partition coefficient (Wildman–Crippen LogP) is 3.29. The van der Waals surface area contributed by atoms with E-state index in [4.69, 9.17) is 0 Å². The molecule has 128 valence electrons. The van der Waals surface area contributed by atoms with Gasteiger partial charge in [-0.05, 0) is 37.1 Å². The van der Waals surface area contributed by atoms with Crippen LogP contribution in [0.5, 0.6) is 0 Å². The number of hydrogen-bond acceptors (Lipinski definition) is 4. The number of anilines is 1. The van der Waals surface area contributed by atoms with Gasteiger partial charge in [0.15, 0.2) is 5.92 Å². The maximum atomic E-state index is 12.1. The molecule has 0 heterocycles. The average molecular weight is 334 g/mol. The molecule has 0 unspecified atom stereocenters. The van der Waals surface area contributed by atoms with Crippen LogP contribution in [0, 0.1) is 11.3 Å². The maximum Gasteiger partial charge on any atom is 0.261 e. The zero-order valence-electron chi connectivity index (χ0n) is 14.5. The van der Waals surface area contributed by atoms with Crippen LogP contribution < -0.4 is 10.3 Å². The third-order valence-electron chi connectivity index (χ3n) is 3.93. The van der Waals surface area contributed by atoms with Gasteiger partial charge in [-0.25, -0.2) is 5.43 Å². The van der Waals surface area contributed by atoms with Gasteiger partial charge in [0.2, 0.25) is 0 Å². The molecule has 0 bridgehead atoms. The molecule has 2 aromatic carbocycles. The molecule has 1 amide bonds. The van der Waals surface area contributed by atoms with Crippen molar-refractivity contribution < 1.29 is 4.79 Å². The van der Waals surface area contributed by atoms with Crippen LogP contribution >= 0.6 is 0 Å². The van der Waals surface area contributed by atoms with Crippen LogP contribution in [0.1, 0.15) is 30.9 Å². The van der Waals surface area contributed by atoms with Gasteiger partial charge >= 0.3 is 0 Å². The Kier molecular flexibility index (Phi) is 6.73. The second-order valence-electron chi connectivity index (χ2n) is 5.47. The number of hydrazone groups is 1. The number of benzene rings is 2. The van der Waals surface area contributed by atoms with Crippen LogP contribution in [0.3, 0.4) is 0 Å². The first-order valence-electron chi connectivity index (χ1n) is 8.32. The Morgan fingerprint density at radius 3 is 2.36 bits per heavy atom. The lowest BCUT2D eigenvalue weighted by Crippen LogP contribution is -2.24. The van der Waals surface area contributed by atoms with Crippen molar-refractivity contribution in [2.45, 2.75) is 19.8 Å². The number of hydrogen-bond donors (Lipinski definition) is 1. The first kappa shape index (κ1) is 18.2. The van der Waals surface area contributed by atoms with Gasteiger partial charge in [0.25, 0.3) is 5.91 Å². The molecule has 0 radical (unpaired) electrons. The lowest BCUT2D eigenvalue weighted by atomic mass is 10.0. The summed E-state index contributed by atoms with van der Waals surface area (Å²) < 4.78 is 0. The summed E-state index contributed by atoms with van der Waals surface area (Å²) in [7, 11) is 0. The molecule has 25 heavy (non-hydrogen) atoms. The van der Waals surface area contributed by atoms with Gasteiger partial charge in [0.05, 0.1) is 12.3 Å². The summed E-state index contributed by atoms with van der Waals surface area (Å²) in [6, 6.07) is 18.9. The van der Waals surface area contributed by atoms with Crippen molar-refractivity contribution >= 4 is 17.8 Å². The lowest BCUT2D eigenvalue weighted by Gasteiger charge is -2.20. The van der Waals surface area contributed by atoms with Crippen LogP contribution in [0.15, 0.2) is 59.7 Å². The van der Waals surface area contributed by atoms with Crippen molar-refractivity contribution in [1.82, 2.24) is 5.43 Å². The van der Waals surface area contributed by atoms with E-state index in [-0.39, 0.29) is 0 Å². The molecule has 2 rings (SSSR count). The van der Waals surface area contributed by atoms with Gasteiger partial charge < -0.3 is 4.90 Å². The minimum atomic E-state index is -0.872. The fourth-order valence-electron chi connectivity index (χ4n) is 2.52. The third kappa shape index (κ3) is 4.92. The van der Waals surface area contributed by atoms with Gasteiger partial charge in [0, 0.05) is 18.8 Å². The van der Waals surface area contributed by atoms with Crippen molar-refractivity contribution in [2.24, 2.45) is 5.10 Å². The van der Waals surface area contributed by atoms with E-state index in [1.54, 1.807) is 30.5 Å². The van der Waals surface area contributed by atoms with Crippen molar-refractivity contribution in [3.05, 3.63) is 65.7 Å². The normalized spacial score (nSPS) is 11.7. The number of rotatable bonds is 7. The smallest absolute Gasteiger partial charge is 0.261 e. The van der Waals surface area contributed by atoms with Crippen molar-refractivity contribution in [2.75, 3.05) is 18.0 Å². The molecule has 0 aliphatic carbocycles. The molecule has 0 saturated carbocycles. The van der Waals surface area contributed by atoms with Gasteiger partial charge in [0.1, 0.15) is 0 Å². The van der Waals surface area contributed by atoms with E-state index < -0.39 is 11.8 Å². The summed E-state index contributed by atoms with van der Waals surface area (Å²) in [4.78, 5) is 14.4. The zero-order chi connectivity index (χ0) is 18.1. The van der Waals surface area contributed by atoms with Gasteiger partial charge in [-0.2, -0.15) is 10.4 Å². The van der Waals surface area contributed by atoms with E-state index >= 15 is 0 Å². The molecule has 5 nitrogen and oxygen atoms in total. The molecule has 0 aliphatic rings. The Labute approximate surface area is 148 Å². The van der Waals surface area contributed by atoms with Gasteiger partial charge in [-0.15, -0.1) is 0 Å². The molecule has 1 N–H and O–H groups in total. The number of nitriles is 1. The average Bonchev–Trinajstić information content (AvgIpc) is 2.65. The fraction of sp³-hybridized carbons (Fsp3) is 0.250. The summed E-state index contributed by atoms with van der Waals surface area (Å²) >= 11 is 0. The minimum Gasteiger partial charge on any atom is -0.372 e. The van der Waals surface area contributed by atoms with Crippen molar-refractivity contribution in [3.63, 3.8) is 0 Å². The van der Waals surface area contributed by atoms with Crippen molar-refractivity contribution in [3.8, 4) is 6.07 Å². The molecule has 0 aromatic heterocycles. The minimum absolute atomic E-state index is 0.440. The van der Waals surface area contributed by atoms with Crippen LogP contribution in [0.4, 0.5) is 5.69 Å². The second-order valence-corrected chi connectivity index (χ2v) is 5.47. The van der Waals surface area contributed by atoms with Crippen LogP contribution in [0.2, 0.25) is 0 Å². The van der Waals surface area contributed by atoms with Crippen LogP contribution in [0.25, 0.3) is 0 Å². The van der Waals surface area contributed by atoms with E-state index in [9.17, 15) is 10.1 Å². The second kappa shape index (κ2) is 9.24. The van der Waals surface area contributed by atoms with Gasteiger partial charge in [-0.3, -0.25) is 4.79 Å². The van der Waals surface area contributed by atoms with Crippen molar-refractivity contribution in [1.29, 1.82) is 5.26 Å². The summed E-state index contributed by atoms with van der Waals surface area (Å²) in [5.74, 6) is -1.31. The number of amides is 1. The van der Waals surface area contributed by atoms with Crippen LogP contribution in [-0.2, 0) is 4.79 Å². The zero-order valence-corrected chi connectivity index (χ0v) is 14.5. The Hall–Kier alpha value is -3.13. The summed E-state index contributed by atoms with van der Waals surface area (Å²) in [6.45, 7) is 6.14. The SMILES string of the molecule is CCN(CC)c1ccc(/C=N\NC(=O)[C@H](C#N)c2ccccc2)cc1. The molecule has 1 atom stereocenters. The monoisotopic (exact) mass is 334 g/mol. The largest absolute Gasteiger partial charge is 0.372 e. The molecule has 0 saturated heterocycles. The van der Waals surface area contributed by atoms with Gasteiger partial charge in [-0.1, -0.05) is 42.5 Å². The molecule has 5 heteroatoms. The molecule has 0 spiro atoms. The topological polar surface area (TPSA) is 68.5 Å². The highest BCUT2D eigenvalue weighted by Crippen LogP contribution is 2.15. The Morgan fingerprint density at radius 1 is 1.16 bits per heavy atom. The molecule has 2 aromatic rings. The number of carbonyl (C=O) groups is 1. The molecular formula is C20H22N4O. The highest BCUT2D eigenvalue weighted by atomic mass is 16.2. The lowest BCUT2D eigenvalue weighted by molar-refractivity contribution is -0.121. The van der Waals surface area contributed by atoms with E-state index in [0.29, 0.717) is 5.56 Å². The summed E-state index contributed by atoms with van der Waals surface area (Å²) in [6.07, 6.45) is 1.57. The maximum absolute atomic E-state index is 12.1. The number of carbonyl (C=O) groups excluding carboxylic acids is 1. The summed E-state index contributed by atoms with van der Waals surface area (Å²) in [5.41, 5.74) is 5.12. The third-order valence-corrected chi connectivity index (χ3v) is 3.93. The highest BCUT2D eigenvalue weighted by Gasteiger charge is 2.19. The number of nitrogens with zero attached hydrogens (tertiary/aromatic N) is 3. The van der Waals surface area contributed by atoms with E-state index in [2.05, 4.69) is 29.3 Å².